The number of hydrogen-bond acceptors (Lipinski definition) is 6. The lowest BCUT2D eigenvalue weighted by atomic mass is 9.82. The van der Waals surface area contributed by atoms with E-state index in [4.69, 9.17) is 4.74 Å². The molecule has 110 valence electrons. The van der Waals surface area contributed by atoms with Crippen molar-refractivity contribution in [1.82, 2.24) is 0 Å². The summed E-state index contributed by atoms with van der Waals surface area (Å²) in [7, 11) is 1.62. The summed E-state index contributed by atoms with van der Waals surface area (Å²) in [5, 5.41) is 14.9. The first kappa shape index (κ1) is 13.7. The Bertz CT molecular complexity index is 572. The highest BCUT2D eigenvalue weighted by Gasteiger charge is 2.47. The third-order valence-electron chi connectivity index (χ3n) is 4.00. The SMILES string of the molecule is CC[C@@H]1C(=O)N(c2ccc(OC)cc2)[C@@H]1CC1N=NN=N1. The van der Waals surface area contributed by atoms with E-state index in [0.29, 0.717) is 6.42 Å². The maximum atomic E-state index is 12.3. The topological polar surface area (TPSA) is 79.0 Å². The summed E-state index contributed by atoms with van der Waals surface area (Å²) >= 11 is 0. The number of methoxy groups -OCH3 is 1. The van der Waals surface area contributed by atoms with Crippen molar-refractivity contribution in [1.29, 1.82) is 0 Å². The van der Waals surface area contributed by atoms with Crippen LogP contribution in [0.4, 0.5) is 5.69 Å². The van der Waals surface area contributed by atoms with Gasteiger partial charge in [0.15, 0.2) is 6.17 Å². The van der Waals surface area contributed by atoms with E-state index in [2.05, 4.69) is 20.7 Å². The van der Waals surface area contributed by atoms with Crippen LogP contribution in [0, 0.1) is 5.92 Å². The highest BCUT2D eigenvalue weighted by atomic mass is 16.5. The van der Waals surface area contributed by atoms with Crippen molar-refractivity contribution in [3.63, 3.8) is 0 Å². The van der Waals surface area contributed by atoms with Crippen LogP contribution >= 0.6 is 0 Å². The van der Waals surface area contributed by atoms with Gasteiger partial charge in [0, 0.05) is 12.1 Å². The quantitative estimate of drug-likeness (QED) is 0.780. The summed E-state index contributed by atoms with van der Waals surface area (Å²) in [6.45, 7) is 2.03. The van der Waals surface area contributed by atoms with E-state index >= 15 is 0 Å². The van der Waals surface area contributed by atoms with Gasteiger partial charge in [0.2, 0.25) is 5.91 Å². The molecule has 1 aromatic rings. The van der Waals surface area contributed by atoms with Gasteiger partial charge in [-0.15, -0.1) is 10.2 Å². The molecule has 0 unspecified atom stereocenters. The van der Waals surface area contributed by atoms with E-state index in [1.54, 1.807) is 7.11 Å². The molecule has 0 saturated carbocycles. The van der Waals surface area contributed by atoms with Crippen LogP contribution in [0.15, 0.2) is 44.9 Å². The third kappa shape index (κ3) is 2.39. The number of nitrogens with zero attached hydrogens (tertiary/aromatic N) is 5. The second-order valence-corrected chi connectivity index (χ2v) is 5.11. The minimum Gasteiger partial charge on any atom is -0.497 e. The van der Waals surface area contributed by atoms with Crippen molar-refractivity contribution in [2.75, 3.05) is 12.0 Å². The smallest absolute Gasteiger partial charge is 0.232 e. The number of carbonyl (C=O) groups excluding carboxylic acids is 1. The zero-order valence-corrected chi connectivity index (χ0v) is 12.0. The summed E-state index contributed by atoms with van der Waals surface area (Å²) in [6.07, 6.45) is 1.21. The fourth-order valence-electron chi connectivity index (χ4n) is 2.88. The second-order valence-electron chi connectivity index (χ2n) is 5.11. The van der Waals surface area contributed by atoms with E-state index in [1.165, 1.54) is 0 Å². The predicted molar refractivity (Wildman–Crippen MR) is 76.2 cm³/mol. The van der Waals surface area contributed by atoms with Crippen molar-refractivity contribution in [3.8, 4) is 5.75 Å². The Morgan fingerprint density at radius 2 is 1.86 bits per heavy atom. The molecule has 2 atom stereocenters. The largest absolute Gasteiger partial charge is 0.497 e. The van der Waals surface area contributed by atoms with E-state index < -0.39 is 0 Å². The minimum atomic E-state index is -0.266. The lowest BCUT2D eigenvalue weighted by molar-refractivity contribution is -0.130. The van der Waals surface area contributed by atoms with Crippen LogP contribution < -0.4 is 9.64 Å². The van der Waals surface area contributed by atoms with Crippen molar-refractivity contribution in [2.24, 2.45) is 26.6 Å². The highest BCUT2D eigenvalue weighted by molar-refractivity contribution is 6.02. The van der Waals surface area contributed by atoms with Crippen molar-refractivity contribution in [3.05, 3.63) is 24.3 Å². The molecule has 1 fully saturated rings. The molecule has 2 aliphatic heterocycles. The van der Waals surface area contributed by atoms with E-state index in [1.807, 2.05) is 36.1 Å². The normalized spacial score (nSPS) is 24.5. The molecule has 0 spiro atoms. The molecule has 3 rings (SSSR count). The Labute approximate surface area is 122 Å². The third-order valence-corrected chi connectivity index (χ3v) is 4.00. The summed E-state index contributed by atoms with van der Waals surface area (Å²) in [5.74, 6) is 0.950. The first-order valence-corrected chi connectivity index (χ1v) is 7.01. The molecule has 1 amide bonds. The van der Waals surface area contributed by atoms with Gasteiger partial charge in [0.05, 0.1) is 19.1 Å². The predicted octanol–water partition coefficient (Wildman–Crippen LogP) is 2.99. The van der Waals surface area contributed by atoms with Gasteiger partial charge in [-0.1, -0.05) is 6.92 Å². The summed E-state index contributed by atoms with van der Waals surface area (Å²) in [5.41, 5.74) is 0.877. The monoisotopic (exact) mass is 287 g/mol. The zero-order valence-electron chi connectivity index (χ0n) is 12.0. The average Bonchev–Trinajstić information content (AvgIpc) is 3.01. The van der Waals surface area contributed by atoms with Crippen LogP contribution in [0.5, 0.6) is 5.75 Å². The summed E-state index contributed by atoms with van der Waals surface area (Å²) < 4.78 is 5.15. The van der Waals surface area contributed by atoms with Crippen LogP contribution in [0.3, 0.4) is 0 Å². The van der Waals surface area contributed by atoms with Crippen LogP contribution in [0.25, 0.3) is 0 Å². The van der Waals surface area contributed by atoms with Gasteiger partial charge in [-0.2, -0.15) is 0 Å². The maximum absolute atomic E-state index is 12.3. The zero-order chi connectivity index (χ0) is 14.8. The molecule has 1 saturated heterocycles. The van der Waals surface area contributed by atoms with Gasteiger partial charge >= 0.3 is 0 Å². The second kappa shape index (κ2) is 5.59. The first-order valence-electron chi connectivity index (χ1n) is 7.01. The van der Waals surface area contributed by atoms with E-state index in [-0.39, 0.29) is 24.0 Å². The molecule has 0 radical (unpaired) electrons. The molecule has 7 nitrogen and oxygen atoms in total. The number of rotatable bonds is 5. The van der Waals surface area contributed by atoms with Crippen LogP contribution in [0.2, 0.25) is 0 Å². The van der Waals surface area contributed by atoms with Crippen molar-refractivity contribution in [2.45, 2.75) is 32.0 Å². The van der Waals surface area contributed by atoms with Gasteiger partial charge in [0.25, 0.3) is 0 Å². The average molecular weight is 287 g/mol. The Morgan fingerprint density at radius 1 is 1.19 bits per heavy atom. The molecule has 0 N–H and O–H groups in total. The standard InChI is InChI=1S/C14H17N5O2/c1-3-11-12(8-13-15-17-18-16-13)19(14(11)20)9-4-6-10(21-2)7-5-9/h4-7,11-13H,3,8H2,1-2H3/t11-,12+/m0/s1. The number of ether oxygens (including phenoxy) is 1. The Morgan fingerprint density at radius 3 is 2.43 bits per heavy atom. The van der Waals surface area contributed by atoms with Crippen molar-refractivity contribution >= 4 is 11.6 Å². The Kier molecular flexibility index (Phi) is 3.64. The van der Waals surface area contributed by atoms with Gasteiger partial charge in [-0.3, -0.25) is 4.79 Å². The fraction of sp³-hybridized carbons (Fsp3) is 0.500. The Balaban J connectivity index is 1.79. The fourth-order valence-corrected chi connectivity index (χ4v) is 2.88. The number of hydrogen-bond donors (Lipinski definition) is 0. The number of β-lactam (4-membered cyclic amide) rings is 1. The molecule has 1 aromatic carbocycles. The number of carbonyl (C=O) groups is 1. The van der Waals surface area contributed by atoms with Crippen LogP contribution in [-0.2, 0) is 4.79 Å². The highest BCUT2D eigenvalue weighted by Crippen LogP contribution is 2.38. The molecule has 0 aromatic heterocycles. The molecule has 7 heteroatoms. The number of benzene rings is 1. The molecule has 2 aliphatic rings. The molecule has 2 heterocycles. The molecular weight excluding hydrogens is 270 g/mol. The van der Waals surface area contributed by atoms with Gasteiger partial charge in [-0.25, -0.2) is 0 Å². The van der Waals surface area contributed by atoms with Gasteiger partial charge in [-0.05, 0) is 41.1 Å². The molecule has 0 aliphatic carbocycles. The number of amides is 1. The van der Waals surface area contributed by atoms with Gasteiger partial charge < -0.3 is 9.64 Å². The molecule has 0 bridgehead atoms. The lowest BCUT2D eigenvalue weighted by Crippen LogP contribution is -2.61. The van der Waals surface area contributed by atoms with Gasteiger partial charge in [0.1, 0.15) is 5.75 Å². The molecular formula is C14H17N5O2. The Hall–Kier alpha value is -2.31. The van der Waals surface area contributed by atoms with Crippen molar-refractivity contribution < 1.29 is 9.53 Å². The summed E-state index contributed by atoms with van der Waals surface area (Å²) in [4.78, 5) is 14.1. The maximum Gasteiger partial charge on any atom is 0.232 e. The van der Waals surface area contributed by atoms with E-state index in [9.17, 15) is 4.79 Å². The van der Waals surface area contributed by atoms with Crippen LogP contribution in [-0.4, -0.2) is 25.2 Å². The van der Waals surface area contributed by atoms with Crippen LogP contribution in [0.1, 0.15) is 19.8 Å². The lowest BCUT2D eigenvalue weighted by Gasteiger charge is -2.47. The van der Waals surface area contributed by atoms with E-state index in [0.717, 1.165) is 17.9 Å². The summed E-state index contributed by atoms with van der Waals surface area (Å²) in [6, 6.07) is 7.60. The first-order chi connectivity index (χ1) is 10.2. The minimum absolute atomic E-state index is 0.0260. The number of anilines is 1. The molecule has 21 heavy (non-hydrogen) atoms.